The molecule has 6 nitrogen and oxygen atoms in total. The van der Waals surface area contributed by atoms with Crippen LogP contribution >= 0.6 is 11.6 Å². The minimum absolute atomic E-state index is 0.0626. The number of benzene rings is 1. The highest BCUT2D eigenvalue weighted by Crippen LogP contribution is 2.33. The highest BCUT2D eigenvalue weighted by atomic mass is 35.5. The summed E-state index contributed by atoms with van der Waals surface area (Å²) in [5.41, 5.74) is 6.78. The predicted octanol–water partition coefficient (Wildman–Crippen LogP) is 2.52. The zero-order chi connectivity index (χ0) is 17.1. The molecule has 0 radical (unpaired) electrons. The molecule has 0 bridgehead atoms. The number of urea groups is 1. The minimum Gasteiger partial charge on any atom is -0.375 e. The van der Waals surface area contributed by atoms with Gasteiger partial charge in [0.2, 0.25) is 5.91 Å². The summed E-state index contributed by atoms with van der Waals surface area (Å²) in [4.78, 5) is 27.6. The second-order valence-electron chi connectivity index (χ2n) is 6.14. The summed E-state index contributed by atoms with van der Waals surface area (Å²) in [6, 6.07) is 5.19. The molecule has 7 heteroatoms. The van der Waals surface area contributed by atoms with Crippen LogP contribution in [0.4, 0.5) is 16.2 Å². The topological polar surface area (TPSA) is 78.7 Å². The van der Waals surface area contributed by atoms with Crippen LogP contribution in [0.5, 0.6) is 0 Å². The summed E-state index contributed by atoms with van der Waals surface area (Å²) in [5.74, 6) is -0.643. The number of halogens is 1. The quantitative estimate of drug-likeness (QED) is 0.888. The van der Waals surface area contributed by atoms with E-state index in [0.717, 1.165) is 18.5 Å². The second kappa shape index (κ2) is 7.08. The maximum absolute atomic E-state index is 12.6. The molecule has 0 aromatic heterocycles. The van der Waals surface area contributed by atoms with Crippen molar-refractivity contribution in [3.8, 4) is 0 Å². The third-order valence-electron chi connectivity index (χ3n) is 4.22. The first kappa shape index (κ1) is 17.4. The largest absolute Gasteiger partial charge is 0.375 e. The number of primary amides is 1. The number of piperidine rings is 1. The Hall–Kier alpha value is -1.95. The Balaban J connectivity index is 2.18. The fourth-order valence-corrected chi connectivity index (χ4v) is 3.22. The second-order valence-corrected chi connectivity index (χ2v) is 6.55. The van der Waals surface area contributed by atoms with Crippen molar-refractivity contribution >= 4 is 34.9 Å². The Morgan fingerprint density at radius 3 is 2.65 bits per heavy atom. The molecule has 1 saturated heterocycles. The normalized spacial score (nSPS) is 21.0. The number of nitrogens with zero attached hydrogens (tertiary/aromatic N) is 2. The molecule has 1 aromatic rings. The molecule has 0 spiro atoms. The monoisotopic (exact) mass is 338 g/mol. The summed E-state index contributed by atoms with van der Waals surface area (Å²) in [6.07, 6.45) is 1.48. The van der Waals surface area contributed by atoms with Crippen molar-refractivity contribution in [2.45, 2.75) is 25.8 Å². The summed E-state index contributed by atoms with van der Waals surface area (Å²) in [6.45, 7) is 2.32. The third kappa shape index (κ3) is 3.88. The lowest BCUT2D eigenvalue weighted by Crippen LogP contribution is -2.50. The molecule has 1 aliphatic rings. The van der Waals surface area contributed by atoms with Crippen molar-refractivity contribution in [2.75, 3.05) is 30.9 Å². The first-order valence-corrected chi connectivity index (χ1v) is 8.01. The van der Waals surface area contributed by atoms with Gasteiger partial charge in [0.1, 0.15) is 0 Å². The first-order valence-electron chi connectivity index (χ1n) is 7.64. The van der Waals surface area contributed by atoms with E-state index in [9.17, 15) is 9.59 Å². The Kier molecular flexibility index (Phi) is 5.36. The highest BCUT2D eigenvalue weighted by molar-refractivity contribution is 6.34. The van der Waals surface area contributed by atoms with E-state index in [1.54, 1.807) is 23.1 Å². The molecule has 1 heterocycles. The summed E-state index contributed by atoms with van der Waals surface area (Å²) in [7, 11) is 3.73. The van der Waals surface area contributed by atoms with Crippen LogP contribution in [0.25, 0.3) is 0 Å². The molecular weight excluding hydrogens is 316 g/mol. The molecule has 3 amide bonds. The SMILES string of the molecule is C[C@@H]1CC[C@@H](C(N)=O)CN1C(=O)Nc1cccc(Cl)c1N(C)C. The number of amides is 3. The van der Waals surface area contributed by atoms with Crippen LogP contribution in [0.1, 0.15) is 19.8 Å². The number of likely N-dealkylation sites (tertiary alicyclic amines) is 1. The third-order valence-corrected chi connectivity index (χ3v) is 4.53. The van der Waals surface area contributed by atoms with Gasteiger partial charge < -0.3 is 20.9 Å². The Morgan fingerprint density at radius 1 is 1.35 bits per heavy atom. The molecule has 1 aromatic carbocycles. The van der Waals surface area contributed by atoms with Gasteiger partial charge >= 0.3 is 6.03 Å². The van der Waals surface area contributed by atoms with Crippen LogP contribution < -0.4 is 16.0 Å². The van der Waals surface area contributed by atoms with Gasteiger partial charge in [-0.25, -0.2) is 4.79 Å². The number of nitrogens with two attached hydrogens (primary N) is 1. The molecule has 2 rings (SSSR count). The maximum Gasteiger partial charge on any atom is 0.322 e. The zero-order valence-corrected chi connectivity index (χ0v) is 14.4. The lowest BCUT2D eigenvalue weighted by Gasteiger charge is -2.37. The summed E-state index contributed by atoms with van der Waals surface area (Å²) in [5, 5.41) is 3.47. The van der Waals surface area contributed by atoms with Gasteiger partial charge in [0.15, 0.2) is 0 Å². The van der Waals surface area contributed by atoms with Crippen LogP contribution in [0.15, 0.2) is 18.2 Å². The Morgan fingerprint density at radius 2 is 2.04 bits per heavy atom. The summed E-state index contributed by atoms with van der Waals surface area (Å²) >= 11 is 6.22. The van der Waals surface area contributed by atoms with E-state index >= 15 is 0 Å². The fourth-order valence-electron chi connectivity index (χ4n) is 2.88. The van der Waals surface area contributed by atoms with Gasteiger partial charge in [0, 0.05) is 26.7 Å². The highest BCUT2D eigenvalue weighted by Gasteiger charge is 2.32. The molecule has 3 N–H and O–H groups in total. The van der Waals surface area contributed by atoms with Crippen LogP contribution in [0.3, 0.4) is 0 Å². The average molecular weight is 339 g/mol. The smallest absolute Gasteiger partial charge is 0.322 e. The van der Waals surface area contributed by atoms with Gasteiger partial charge in [-0.05, 0) is 31.9 Å². The molecule has 126 valence electrons. The number of hydrogen-bond acceptors (Lipinski definition) is 3. The van der Waals surface area contributed by atoms with Crippen molar-refractivity contribution in [1.29, 1.82) is 0 Å². The fraction of sp³-hybridized carbons (Fsp3) is 0.500. The number of para-hydroxylation sites is 1. The minimum atomic E-state index is -0.355. The van der Waals surface area contributed by atoms with Crippen LogP contribution in [-0.2, 0) is 4.79 Å². The van der Waals surface area contributed by atoms with E-state index in [4.69, 9.17) is 17.3 Å². The van der Waals surface area contributed by atoms with Crippen LogP contribution in [-0.4, -0.2) is 43.5 Å². The standard InChI is InChI=1S/C16H23ClN4O2/c1-10-7-8-11(15(18)22)9-21(10)16(23)19-13-6-4-5-12(17)14(13)20(2)3/h4-6,10-11H,7-9H2,1-3H3,(H2,18,22)(H,19,23)/t10-,11-/m1/s1. The van der Waals surface area contributed by atoms with E-state index in [-0.39, 0.29) is 23.9 Å². The molecule has 2 atom stereocenters. The van der Waals surface area contributed by atoms with Crippen molar-refractivity contribution in [3.05, 3.63) is 23.2 Å². The summed E-state index contributed by atoms with van der Waals surface area (Å²) < 4.78 is 0. The van der Waals surface area contributed by atoms with Gasteiger partial charge in [-0.1, -0.05) is 17.7 Å². The van der Waals surface area contributed by atoms with Gasteiger partial charge in [0.05, 0.1) is 22.3 Å². The Bertz CT molecular complexity index is 606. The van der Waals surface area contributed by atoms with Gasteiger partial charge in [-0.3, -0.25) is 4.79 Å². The first-order chi connectivity index (χ1) is 10.8. The number of rotatable bonds is 3. The molecular formula is C16H23ClN4O2. The van der Waals surface area contributed by atoms with Gasteiger partial charge in [-0.2, -0.15) is 0 Å². The molecule has 0 aliphatic carbocycles. The van der Waals surface area contributed by atoms with Crippen LogP contribution in [0.2, 0.25) is 5.02 Å². The number of anilines is 2. The van der Waals surface area contributed by atoms with Crippen molar-refractivity contribution in [3.63, 3.8) is 0 Å². The van der Waals surface area contributed by atoms with Crippen molar-refractivity contribution in [1.82, 2.24) is 4.90 Å². The lowest BCUT2D eigenvalue weighted by molar-refractivity contribution is -0.123. The van der Waals surface area contributed by atoms with Crippen LogP contribution in [0, 0.1) is 5.92 Å². The molecule has 23 heavy (non-hydrogen) atoms. The van der Waals surface area contributed by atoms with E-state index in [1.165, 1.54) is 0 Å². The number of nitrogens with one attached hydrogen (secondary N) is 1. The molecule has 1 fully saturated rings. The number of hydrogen-bond donors (Lipinski definition) is 2. The van der Waals surface area contributed by atoms with E-state index < -0.39 is 0 Å². The zero-order valence-electron chi connectivity index (χ0n) is 13.7. The maximum atomic E-state index is 12.6. The van der Waals surface area contributed by atoms with E-state index in [2.05, 4.69) is 5.32 Å². The average Bonchev–Trinajstić information content (AvgIpc) is 2.46. The molecule has 0 saturated carbocycles. The van der Waals surface area contributed by atoms with E-state index in [1.807, 2.05) is 25.9 Å². The van der Waals surface area contributed by atoms with Crippen molar-refractivity contribution < 1.29 is 9.59 Å². The van der Waals surface area contributed by atoms with Crippen molar-refractivity contribution in [2.24, 2.45) is 11.7 Å². The predicted molar refractivity (Wildman–Crippen MR) is 92.9 cm³/mol. The van der Waals surface area contributed by atoms with E-state index in [0.29, 0.717) is 17.3 Å². The number of carbonyl (C=O) groups is 2. The lowest BCUT2D eigenvalue weighted by atomic mass is 9.93. The molecule has 1 aliphatic heterocycles. The van der Waals surface area contributed by atoms with Gasteiger partial charge in [-0.15, -0.1) is 0 Å². The Labute approximate surface area is 141 Å². The number of carbonyl (C=O) groups excluding carboxylic acids is 2. The van der Waals surface area contributed by atoms with Gasteiger partial charge in [0.25, 0.3) is 0 Å². The molecule has 0 unspecified atom stereocenters.